The van der Waals surface area contributed by atoms with E-state index in [4.69, 9.17) is 0 Å². The molecule has 3 N–H and O–H groups in total. The van der Waals surface area contributed by atoms with Gasteiger partial charge in [-0.05, 0) is 37.5 Å². The third-order valence-electron chi connectivity index (χ3n) is 3.25. The number of hydrogen-bond acceptors (Lipinski definition) is 4. The van der Waals surface area contributed by atoms with Crippen molar-refractivity contribution in [2.24, 2.45) is 4.99 Å². The second-order valence-corrected chi connectivity index (χ2v) is 7.72. The Kier molecular flexibility index (Phi) is 3.99. The number of rotatable bonds is 3. The van der Waals surface area contributed by atoms with Crippen molar-refractivity contribution < 1.29 is 13.5 Å². The number of anilines is 1. The van der Waals surface area contributed by atoms with Gasteiger partial charge >= 0.3 is 0 Å². The first-order chi connectivity index (χ1) is 9.64. The molecule has 0 radical (unpaired) electrons. The molecule has 0 fully saturated rings. The molecule has 0 saturated carbocycles. The van der Waals surface area contributed by atoms with Crippen molar-refractivity contribution in [3.8, 4) is 0 Å². The molecule has 0 aromatic heterocycles. The Morgan fingerprint density at radius 3 is 2.57 bits per heavy atom. The highest BCUT2D eigenvalue weighted by atomic mass is 32.2. The van der Waals surface area contributed by atoms with Crippen molar-refractivity contribution in [2.75, 3.05) is 11.9 Å². The molecule has 0 saturated heterocycles. The van der Waals surface area contributed by atoms with Crippen LogP contribution in [0.2, 0.25) is 0 Å². The fourth-order valence-corrected chi connectivity index (χ4v) is 3.11. The Hall–Kier alpha value is -1.60. The van der Waals surface area contributed by atoms with Gasteiger partial charge in [0.15, 0.2) is 0 Å². The van der Waals surface area contributed by atoms with Gasteiger partial charge in [0.2, 0.25) is 5.96 Å². The summed E-state index contributed by atoms with van der Waals surface area (Å²) in [7, 11) is -3.65. The van der Waals surface area contributed by atoms with Gasteiger partial charge in [-0.1, -0.05) is 19.9 Å². The average molecular weight is 311 g/mol. The molecular weight excluding hydrogens is 290 g/mol. The van der Waals surface area contributed by atoms with Gasteiger partial charge in [-0.15, -0.1) is 0 Å². The number of fused-ring (bicyclic) bond motifs is 1. The minimum absolute atomic E-state index is 0.124. The first-order valence-electron chi connectivity index (χ1n) is 6.79. The highest BCUT2D eigenvalue weighted by Gasteiger charge is 2.28. The molecule has 0 spiro atoms. The van der Waals surface area contributed by atoms with E-state index in [1.165, 1.54) is 0 Å². The van der Waals surface area contributed by atoms with E-state index in [9.17, 15) is 13.5 Å². The van der Waals surface area contributed by atoms with Crippen LogP contribution in [-0.2, 0) is 10.0 Å². The molecule has 116 valence electrons. The lowest BCUT2D eigenvalue weighted by atomic mass is 10.0. The standard InChI is InChI=1S/C14H21N3O3S/c1-9(2)10-5-6-11-12(7-10)21(19,20)17-13(15-11)16-14(3,4)8-18/h5-7,9,18H,8H2,1-4H3,(H2,15,16,17). The summed E-state index contributed by atoms with van der Waals surface area (Å²) in [5.74, 6) is 0.368. The summed E-state index contributed by atoms with van der Waals surface area (Å²) < 4.78 is 27.1. The highest BCUT2D eigenvalue weighted by molar-refractivity contribution is 7.90. The summed E-state index contributed by atoms with van der Waals surface area (Å²) in [6.45, 7) is 7.27. The van der Waals surface area contributed by atoms with Crippen molar-refractivity contribution in [1.29, 1.82) is 0 Å². The van der Waals surface area contributed by atoms with E-state index >= 15 is 0 Å². The molecule has 1 heterocycles. The molecule has 1 aliphatic heterocycles. The van der Waals surface area contributed by atoms with Gasteiger partial charge in [0.25, 0.3) is 10.0 Å². The third-order valence-corrected chi connectivity index (χ3v) is 4.63. The van der Waals surface area contributed by atoms with Crippen molar-refractivity contribution in [2.45, 2.75) is 44.0 Å². The predicted octanol–water partition coefficient (Wildman–Crippen LogP) is 1.64. The molecule has 0 unspecified atom stereocenters. The summed E-state index contributed by atoms with van der Waals surface area (Å²) in [4.78, 5) is 4.42. The number of aliphatic hydroxyl groups excluding tert-OH is 1. The molecular formula is C14H21N3O3S. The van der Waals surface area contributed by atoms with E-state index in [-0.39, 0.29) is 23.4 Å². The zero-order valence-corrected chi connectivity index (χ0v) is 13.5. The Morgan fingerprint density at radius 1 is 1.33 bits per heavy atom. The maximum absolute atomic E-state index is 12.3. The zero-order valence-electron chi connectivity index (χ0n) is 12.6. The topological polar surface area (TPSA) is 90.8 Å². The quantitative estimate of drug-likeness (QED) is 0.791. The SMILES string of the molecule is CC(C)c1ccc2c(c1)S(=O)(=O)NC(=NC(C)(C)CO)N2. The Bertz CT molecular complexity index is 679. The van der Waals surface area contributed by atoms with Crippen molar-refractivity contribution in [3.63, 3.8) is 0 Å². The number of aliphatic imine (C=N–C) groups is 1. The van der Waals surface area contributed by atoms with Gasteiger partial charge in [0.1, 0.15) is 4.90 Å². The van der Waals surface area contributed by atoms with Crippen LogP contribution in [0.4, 0.5) is 5.69 Å². The van der Waals surface area contributed by atoms with Gasteiger partial charge in [-0.2, -0.15) is 0 Å². The summed E-state index contributed by atoms with van der Waals surface area (Å²) in [6.07, 6.45) is 0. The van der Waals surface area contributed by atoms with E-state index < -0.39 is 15.6 Å². The molecule has 2 rings (SSSR count). The highest BCUT2D eigenvalue weighted by Crippen LogP contribution is 2.29. The first-order valence-corrected chi connectivity index (χ1v) is 8.27. The lowest BCUT2D eigenvalue weighted by Gasteiger charge is -2.25. The van der Waals surface area contributed by atoms with Crippen LogP contribution >= 0.6 is 0 Å². The Morgan fingerprint density at radius 2 is 2.00 bits per heavy atom. The lowest BCUT2D eigenvalue weighted by Crippen LogP contribution is -2.43. The lowest BCUT2D eigenvalue weighted by molar-refractivity contribution is 0.222. The summed E-state index contributed by atoms with van der Waals surface area (Å²) in [5.41, 5.74) is 0.683. The summed E-state index contributed by atoms with van der Waals surface area (Å²) in [6, 6.07) is 5.31. The number of hydrogen-bond donors (Lipinski definition) is 3. The Labute approximate surface area is 125 Å². The third kappa shape index (κ3) is 3.36. The monoisotopic (exact) mass is 311 g/mol. The molecule has 0 aliphatic carbocycles. The van der Waals surface area contributed by atoms with E-state index in [1.807, 2.05) is 19.9 Å². The fourth-order valence-electron chi connectivity index (χ4n) is 1.95. The smallest absolute Gasteiger partial charge is 0.266 e. The van der Waals surface area contributed by atoms with Crippen LogP contribution in [0.3, 0.4) is 0 Å². The minimum atomic E-state index is -3.65. The number of benzene rings is 1. The molecule has 0 bridgehead atoms. The van der Waals surface area contributed by atoms with Gasteiger partial charge in [-0.3, -0.25) is 0 Å². The largest absolute Gasteiger partial charge is 0.394 e. The average Bonchev–Trinajstić information content (AvgIpc) is 2.37. The number of nitrogens with zero attached hydrogens (tertiary/aromatic N) is 1. The second-order valence-electron chi connectivity index (χ2n) is 6.07. The van der Waals surface area contributed by atoms with Gasteiger partial charge in [-0.25, -0.2) is 18.1 Å². The van der Waals surface area contributed by atoms with Crippen LogP contribution in [0.5, 0.6) is 0 Å². The summed E-state index contributed by atoms with van der Waals surface area (Å²) in [5, 5.41) is 12.2. The molecule has 21 heavy (non-hydrogen) atoms. The van der Waals surface area contributed by atoms with Crippen molar-refractivity contribution in [3.05, 3.63) is 23.8 Å². The number of guanidine groups is 1. The van der Waals surface area contributed by atoms with Crippen LogP contribution in [0.1, 0.15) is 39.2 Å². The van der Waals surface area contributed by atoms with E-state index in [0.717, 1.165) is 5.56 Å². The predicted molar refractivity (Wildman–Crippen MR) is 83.1 cm³/mol. The molecule has 1 aromatic carbocycles. The number of sulfonamides is 1. The van der Waals surface area contributed by atoms with Gasteiger partial charge in [0, 0.05) is 0 Å². The first kappa shape index (κ1) is 15.8. The van der Waals surface area contributed by atoms with Crippen LogP contribution in [0, 0.1) is 0 Å². The van der Waals surface area contributed by atoms with E-state index in [0.29, 0.717) is 5.69 Å². The summed E-state index contributed by atoms with van der Waals surface area (Å²) >= 11 is 0. The van der Waals surface area contributed by atoms with E-state index in [1.54, 1.807) is 26.0 Å². The van der Waals surface area contributed by atoms with Crippen LogP contribution in [0.15, 0.2) is 28.1 Å². The molecule has 0 amide bonds. The van der Waals surface area contributed by atoms with Crippen molar-refractivity contribution >= 4 is 21.7 Å². The number of aliphatic hydroxyl groups is 1. The van der Waals surface area contributed by atoms with E-state index in [2.05, 4.69) is 15.0 Å². The molecule has 1 aliphatic rings. The second kappa shape index (κ2) is 5.31. The maximum Gasteiger partial charge on any atom is 0.266 e. The number of nitrogens with one attached hydrogen (secondary N) is 2. The maximum atomic E-state index is 12.3. The van der Waals surface area contributed by atoms with Gasteiger partial charge < -0.3 is 10.4 Å². The van der Waals surface area contributed by atoms with Crippen LogP contribution in [-0.4, -0.2) is 31.6 Å². The zero-order chi connectivity index (χ0) is 15.8. The normalized spacial score (nSPS) is 19.0. The van der Waals surface area contributed by atoms with Crippen molar-refractivity contribution in [1.82, 2.24) is 4.72 Å². The van der Waals surface area contributed by atoms with Crippen LogP contribution in [0.25, 0.3) is 0 Å². The molecule has 0 atom stereocenters. The van der Waals surface area contributed by atoms with Crippen LogP contribution < -0.4 is 10.0 Å². The molecule has 6 nitrogen and oxygen atoms in total. The minimum Gasteiger partial charge on any atom is -0.394 e. The fraction of sp³-hybridized carbons (Fsp3) is 0.500. The Balaban J connectivity index is 2.47. The molecule has 1 aromatic rings. The van der Waals surface area contributed by atoms with Gasteiger partial charge in [0.05, 0.1) is 17.8 Å². The molecule has 7 heteroatoms.